The van der Waals surface area contributed by atoms with Crippen LogP contribution < -0.4 is 11.1 Å². The van der Waals surface area contributed by atoms with Crippen molar-refractivity contribution in [2.75, 3.05) is 19.3 Å². The van der Waals surface area contributed by atoms with E-state index in [0.29, 0.717) is 23.5 Å². The highest BCUT2D eigenvalue weighted by Crippen LogP contribution is 2.47. The fourth-order valence-corrected chi connectivity index (χ4v) is 4.88. The maximum Gasteiger partial charge on any atom is 0.142 e. The molecule has 150 valence electrons. The lowest BCUT2D eigenvalue weighted by Gasteiger charge is -2.34. The average molecular weight is 422 g/mol. The van der Waals surface area contributed by atoms with Crippen LogP contribution in [0.4, 0.5) is 5.82 Å². The van der Waals surface area contributed by atoms with Crippen LogP contribution in [0.1, 0.15) is 47.8 Å². The first-order chi connectivity index (χ1) is 12.7. The Morgan fingerprint density at radius 3 is 2.93 bits per heavy atom. The lowest BCUT2D eigenvalue weighted by atomic mass is 9.89. The molecule has 0 radical (unpaired) electrons. The number of hydrogen-bond donors (Lipinski definition) is 2. The van der Waals surface area contributed by atoms with Gasteiger partial charge < -0.3 is 11.1 Å². The van der Waals surface area contributed by atoms with Gasteiger partial charge in [-0.05, 0) is 38.9 Å². The van der Waals surface area contributed by atoms with Gasteiger partial charge >= 0.3 is 0 Å². The zero-order valence-corrected chi connectivity index (χ0v) is 17.4. The average Bonchev–Trinajstić information content (AvgIpc) is 3.03. The molecule has 0 spiro atoms. The predicted molar refractivity (Wildman–Crippen MR) is 113 cm³/mol. The maximum absolute atomic E-state index is 9.81. The summed E-state index contributed by atoms with van der Waals surface area (Å²) in [7, 11) is 2.18. The Labute approximate surface area is 177 Å². The monoisotopic (exact) mass is 421 g/mol. The molecule has 7 nitrogen and oxygen atoms in total. The number of anilines is 1. The SMILES string of the molecule is CN1[C@H]2CC[C@@H]1c1c(nc(N)c(C#N)c1-c1cc3n(n1)CCCNC3)C2.Cl.Cl. The van der Waals surface area contributed by atoms with Crippen LogP contribution in [0.3, 0.4) is 0 Å². The van der Waals surface area contributed by atoms with Gasteiger partial charge in [-0.2, -0.15) is 10.4 Å². The fraction of sp³-hybridized carbons (Fsp3) is 0.526. The second-order valence-corrected chi connectivity index (χ2v) is 7.61. The lowest BCUT2D eigenvalue weighted by molar-refractivity contribution is 0.222. The number of nitrogens with zero attached hydrogens (tertiary/aromatic N) is 5. The molecule has 0 aliphatic carbocycles. The van der Waals surface area contributed by atoms with Crippen molar-refractivity contribution in [1.82, 2.24) is 25.0 Å². The molecule has 0 saturated carbocycles. The molecule has 5 heterocycles. The Morgan fingerprint density at radius 1 is 1.32 bits per heavy atom. The highest BCUT2D eigenvalue weighted by atomic mass is 35.5. The number of nitriles is 1. The minimum Gasteiger partial charge on any atom is -0.383 e. The van der Waals surface area contributed by atoms with Gasteiger partial charge in [-0.1, -0.05) is 0 Å². The van der Waals surface area contributed by atoms with E-state index in [0.717, 1.165) is 55.8 Å². The summed E-state index contributed by atoms with van der Waals surface area (Å²) in [5.74, 6) is 0.339. The summed E-state index contributed by atoms with van der Waals surface area (Å²) >= 11 is 0. The normalized spacial score (nSPS) is 22.9. The minimum absolute atomic E-state index is 0. The number of fused-ring (bicyclic) bond motifs is 5. The maximum atomic E-state index is 9.81. The summed E-state index contributed by atoms with van der Waals surface area (Å²) in [6.45, 7) is 2.72. The minimum atomic E-state index is 0. The molecule has 3 aliphatic heterocycles. The van der Waals surface area contributed by atoms with E-state index < -0.39 is 0 Å². The summed E-state index contributed by atoms with van der Waals surface area (Å²) in [6.07, 6.45) is 4.23. The summed E-state index contributed by atoms with van der Waals surface area (Å²) in [6, 6.07) is 5.26. The molecule has 9 heteroatoms. The number of hydrogen-bond acceptors (Lipinski definition) is 6. The molecule has 1 fully saturated rings. The molecule has 3 N–H and O–H groups in total. The first-order valence-electron chi connectivity index (χ1n) is 9.39. The molecule has 1 saturated heterocycles. The Balaban J connectivity index is 0.00000112. The van der Waals surface area contributed by atoms with Crippen molar-refractivity contribution in [3.05, 3.63) is 28.6 Å². The van der Waals surface area contributed by atoms with Gasteiger partial charge in [-0.25, -0.2) is 4.98 Å². The highest BCUT2D eigenvalue weighted by Gasteiger charge is 2.41. The van der Waals surface area contributed by atoms with Crippen LogP contribution in [-0.4, -0.2) is 39.3 Å². The Morgan fingerprint density at radius 2 is 2.14 bits per heavy atom. The molecule has 3 aliphatic rings. The number of nitrogens with two attached hydrogens (primary N) is 1. The molecule has 0 unspecified atom stereocenters. The second-order valence-electron chi connectivity index (χ2n) is 7.61. The topological polar surface area (TPSA) is 95.8 Å². The summed E-state index contributed by atoms with van der Waals surface area (Å²) in [4.78, 5) is 7.06. The molecule has 0 aromatic carbocycles. The van der Waals surface area contributed by atoms with Crippen molar-refractivity contribution in [2.45, 2.75) is 50.9 Å². The number of aryl methyl sites for hydroxylation is 1. The molecule has 2 aromatic rings. The summed E-state index contributed by atoms with van der Waals surface area (Å²) in [5.41, 5.74) is 11.8. The molecule has 28 heavy (non-hydrogen) atoms. The van der Waals surface area contributed by atoms with Gasteiger partial charge in [-0.15, -0.1) is 24.8 Å². The van der Waals surface area contributed by atoms with Crippen LogP contribution in [0.5, 0.6) is 0 Å². The molecule has 2 aromatic heterocycles. The van der Waals surface area contributed by atoms with Crippen molar-refractivity contribution >= 4 is 30.6 Å². The third kappa shape index (κ3) is 3.05. The van der Waals surface area contributed by atoms with Crippen molar-refractivity contribution in [3.8, 4) is 17.3 Å². The zero-order valence-electron chi connectivity index (χ0n) is 15.8. The number of halogens is 2. The van der Waals surface area contributed by atoms with E-state index in [4.69, 9.17) is 10.8 Å². The predicted octanol–water partition coefficient (Wildman–Crippen LogP) is 2.43. The molecule has 2 atom stereocenters. The van der Waals surface area contributed by atoms with E-state index in [-0.39, 0.29) is 24.8 Å². The standard InChI is InChI=1S/C19H23N7.2ClH/c1-25-11-3-4-16(25)18-14(7-11)23-19(21)13(9-20)17(18)15-8-12-10-22-5-2-6-26(12)24-15;;/h8,11,16,22H,2-7,10H2,1H3,(H2,21,23);2*1H/t11-,16+;;/m0../s1. The first-order valence-corrected chi connectivity index (χ1v) is 9.39. The van der Waals surface area contributed by atoms with Gasteiger partial charge in [0.15, 0.2) is 0 Å². The summed E-state index contributed by atoms with van der Waals surface area (Å²) in [5, 5.41) is 18.1. The van der Waals surface area contributed by atoms with Crippen molar-refractivity contribution in [1.29, 1.82) is 5.26 Å². The van der Waals surface area contributed by atoms with Crippen molar-refractivity contribution in [2.24, 2.45) is 0 Å². The van der Waals surface area contributed by atoms with E-state index in [2.05, 4.69) is 39.1 Å². The van der Waals surface area contributed by atoms with Crippen LogP contribution in [-0.2, 0) is 19.5 Å². The van der Waals surface area contributed by atoms with Gasteiger partial charge in [0.05, 0.1) is 11.4 Å². The van der Waals surface area contributed by atoms with Gasteiger partial charge in [-0.3, -0.25) is 9.58 Å². The lowest BCUT2D eigenvalue weighted by Crippen LogP contribution is -2.35. The highest BCUT2D eigenvalue weighted by molar-refractivity contribution is 5.85. The largest absolute Gasteiger partial charge is 0.383 e. The summed E-state index contributed by atoms with van der Waals surface area (Å²) < 4.78 is 2.07. The van der Waals surface area contributed by atoms with E-state index in [1.165, 1.54) is 17.7 Å². The third-order valence-corrected chi connectivity index (χ3v) is 6.21. The van der Waals surface area contributed by atoms with E-state index in [1.807, 2.05) is 0 Å². The van der Waals surface area contributed by atoms with Crippen molar-refractivity contribution in [3.63, 3.8) is 0 Å². The molecular weight excluding hydrogens is 397 g/mol. The molecule has 2 bridgehead atoms. The van der Waals surface area contributed by atoms with Gasteiger partial charge in [0.2, 0.25) is 0 Å². The number of aromatic nitrogens is 3. The number of likely N-dealkylation sites (N-methyl/N-ethyl adjacent to an activating group) is 1. The van der Waals surface area contributed by atoms with Crippen LogP contribution in [0, 0.1) is 11.3 Å². The Hall–Kier alpha value is -1.85. The molecular formula is C19H25Cl2N7. The number of rotatable bonds is 1. The van der Waals surface area contributed by atoms with Gasteiger partial charge in [0.25, 0.3) is 0 Å². The fourth-order valence-electron chi connectivity index (χ4n) is 4.88. The number of pyridine rings is 1. The zero-order chi connectivity index (χ0) is 17.8. The quantitative estimate of drug-likeness (QED) is 0.733. The second kappa shape index (κ2) is 7.88. The Kier molecular flexibility index (Phi) is 5.87. The van der Waals surface area contributed by atoms with E-state index in [9.17, 15) is 5.26 Å². The van der Waals surface area contributed by atoms with Gasteiger partial charge in [0, 0.05) is 48.4 Å². The van der Waals surface area contributed by atoms with Crippen LogP contribution in [0.2, 0.25) is 0 Å². The number of nitrogen functional groups attached to an aromatic ring is 1. The smallest absolute Gasteiger partial charge is 0.142 e. The van der Waals surface area contributed by atoms with E-state index >= 15 is 0 Å². The molecule has 0 amide bonds. The van der Waals surface area contributed by atoms with Gasteiger partial charge in [0.1, 0.15) is 17.5 Å². The van der Waals surface area contributed by atoms with Crippen molar-refractivity contribution < 1.29 is 0 Å². The van der Waals surface area contributed by atoms with Crippen LogP contribution in [0.25, 0.3) is 11.3 Å². The molecule has 5 rings (SSSR count). The van der Waals surface area contributed by atoms with Crippen LogP contribution in [0.15, 0.2) is 6.07 Å². The third-order valence-electron chi connectivity index (χ3n) is 6.21. The number of nitrogens with one attached hydrogen (secondary N) is 1. The first kappa shape index (κ1) is 20.9. The van der Waals surface area contributed by atoms with E-state index in [1.54, 1.807) is 0 Å². The Bertz CT molecular complexity index is 910. The van der Waals surface area contributed by atoms with Crippen LogP contribution >= 0.6 is 24.8 Å².